The van der Waals surface area contributed by atoms with Gasteiger partial charge in [0.2, 0.25) is 0 Å². The van der Waals surface area contributed by atoms with Crippen molar-refractivity contribution in [1.29, 1.82) is 0 Å². The molecule has 5 rings (SSSR count). The van der Waals surface area contributed by atoms with Crippen molar-refractivity contribution in [2.24, 2.45) is 0 Å². The highest BCUT2D eigenvalue weighted by molar-refractivity contribution is 6.46. The van der Waals surface area contributed by atoms with Crippen LogP contribution >= 0.6 is 11.6 Å². The molecule has 1 saturated heterocycles. The molecular formula is C28H23ClN2O4. The highest BCUT2D eigenvalue weighted by Gasteiger charge is 2.45. The number of Topliss-reactive ketones (excluding diaryl/α,β-unsaturated/α-hetero) is 1. The third kappa shape index (κ3) is 4.17. The van der Waals surface area contributed by atoms with Gasteiger partial charge in [-0.1, -0.05) is 41.9 Å². The predicted molar refractivity (Wildman–Crippen MR) is 135 cm³/mol. The molecule has 1 aromatic heterocycles. The first kappa shape index (κ1) is 22.7. The van der Waals surface area contributed by atoms with E-state index in [-0.39, 0.29) is 11.3 Å². The standard InChI is InChI=1S/C28H23ClN2O4/c1-35-21-12-8-18(9-13-21)26(32)24-25(17-6-10-20(29)11-7-17)31(28(34)27(24)33)15-14-19-16-30-23-5-3-2-4-22(19)23/h2-13,16,25,30,32H,14-15H2,1H3/t25-/m1/s1. The number of ether oxygens (including phenoxy) is 1. The number of methoxy groups -OCH3 is 1. The second kappa shape index (κ2) is 9.31. The summed E-state index contributed by atoms with van der Waals surface area (Å²) in [5, 5.41) is 12.8. The Hall–Kier alpha value is -4.03. The number of aliphatic hydroxyl groups excluding tert-OH is 1. The van der Waals surface area contributed by atoms with E-state index in [0.717, 1.165) is 16.5 Å². The molecule has 1 amide bonds. The molecule has 1 fully saturated rings. The van der Waals surface area contributed by atoms with Crippen molar-refractivity contribution in [1.82, 2.24) is 9.88 Å². The van der Waals surface area contributed by atoms with Gasteiger partial charge in [-0.15, -0.1) is 0 Å². The van der Waals surface area contributed by atoms with Crippen LogP contribution in [0.2, 0.25) is 5.02 Å². The van der Waals surface area contributed by atoms with Crippen LogP contribution in [0.5, 0.6) is 5.75 Å². The quantitative estimate of drug-likeness (QED) is 0.214. The van der Waals surface area contributed by atoms with Crippen LogP contribution in [0, 0.1) is 0 Å². The van der Waals surface area contributed by atoms with Crippen molar-refractivity contribution in [2.45, 2.75) is 12.5 Å². The Labute approximate surface area is 207 Å². The van der Waals surface area contributed by atoms with Gasteiger partial charge in [0.05, 0.1) is 18.7 Å². The van der Waals surface area contributed by atoms with E-state index in [1.165, 1.54) is 4.90 Å². The monoisotopic (exact) mass is 486 g/mol. The molecule has 7 heteroatoms. The number of benzene rings is 3. The fourth-order valence-corrected chi connectivity index (χ4v) is 4.71. The van der Waals surface area contributed by atoms with Gasteiger partial charge in [0.25, 0.3) is 11.7 Å². The summed E-state index contributed by atoms with van der Waals surface area (Å²) in [5.41, 5.74) is 3.24. The minimum atomic E-state index is -0.737. The first-order valence-electron chi connectivity index (χ1n) is 11.2. The number of halogens is 1. The Bertz CT molecular complexity index is 1440. The van der Waals surface area contributed by atoms with E-state index in [2.05, 4.69) is 4.98 Å². The summed E-state index contributed by atoms with van der Waals surface area (Å²) in [5.74, 6) is -0.951. The number of nitrogens with zero attached hydrogens (tertiary/aromatic N) is 1. The molecule has 176 valence electrons. The second-order valence-electron chi connectivity index (χ2n) is 8.38. The van der Waals surface area contributed by atoms with Gasteiger partial charge in [-0.3, -0.25) is 9.59 Å². The maximum absolute atomic E-state index is 13.2. The lowest BCUT2D eigenvalue weighted by molar-refractivity contribution is -0.139. The van der Waals surface area contributed by atoms with E-state index in [9.17, 15) is 14.7 Å². The number of likely N-dealkylation sites (tertiary alicyclic amines) is 1. The predicted octanol–water partition coefficient (Wildman–Crippen LogP) is 5.49. The number of hydrogen-bond donors (Lipinski definition) is 2. The molecule has 0 spiro atoms. The molecule has 1 atom stereocenters. The van der Waals surface area contributed by atoms with Gasteiger partial charge in [-0.25, -0.2) is 0 Å². The summed E-state index contributed by atoms with van der Waals surface area (Å²) >= 11 is 6.10. The molecule has 2 N–H and O–H groups in total. The highest BCUT2D eigenvalue weighted by atomic mass is 35.5. The normalized spacial score (nSPS) is 17.3. The molecule has 2 heterocycles. The van der Waals surface area contributed by atoms with Crippen LogP contribution in [-0.2, 0) is 16.0 Å². The van der Waals surface area contributed by atoms with Gasteiger partial charge in [-0.2, -0.15) is 0 Å². The number of carbonyl (C=O) groups excluding carboxylic acids is 2. The van der Waals surface area contributed by atoms with Crippen LogP contribution in [0.15, 0.2) is 84.6 Å². The van der Waals surface area contributed by atoms with Crippen LogP contribution in [0.25, 0.3) is 16.7 Å². The van der Waals surface area contributed by atoms with Crippen molar-refractivity contribution in [3.8, 4) is 5.75 Å². The van der Waals surface area contributed by atoms with Crippen molar-refractivity contribution in [2.75, 3.05) is 13.7 Å². The topological polar surface area (TPSA) is 82.6 Å². The number of amides is 1. The Balaban J connectivity index is 1.55. The molecule has 0 unspecified atom stereocenters. The number of rotatable bonds is 6. The molecule has 4 aromatic rings. The number of nitrogens with one attached hydrogen (secondary N) is 1. The zero-order valence-corrected chi connectivity index (χ0v) is 19.8. The van der Waals surface area contributed by atoms with E-state index in [1.807, 2.05) is 30.5 Å². The molecule has 0 radical (unpaired) electrons. The Morgan fingerprint density at radius 2 is 1.74 bits per heavy atom. The zero-order valence-electron chi connectivity index (χ0n) is 19.0. The molecule has 1 aliphatic heterocycles. The minimum Gasteiger partial charge on any atom is -0.507 e. The number of carbonyl (C=O) groups is 2. The second-order valence-corrected chi connectivity index (χ2v) is 8.82. The van der Waals surface area contributed by atoms with E-state index >= 15 is 0 Å². The fraction of sp³-hybridized carbons (Fsp3) is 0.143. The lowest BCUT2D eigenvalue weighted by Crippen LogP contribution is -2.31. The number of hydrogen-bond acceptors (Lipinski definition) is 4. The van der Waals surface area contributed by atoms with E-state index in [0.29, 0.717) is 34.9 Å². The average Bonchev–Trinajstić information content (AvgIpc) is 3.41. The largest absolute Gasteiger partial charge is 0.507 e. The lowest BCUT2D eigenvalue weighted by atomic mass is 9.95. The number of H-pyrrole nitrogens is 1. The summed E-state index contributed by atoms with van der Waals surface area (Å²) in [4.78, 5) is 31.2. The summed E-state index contributed by atoms with van der Waals surface area (Å²) in [6.07, 6.45) is 2.47. The molecule has 0 bridgehead atoms. The average molecular weight is 487 g/mol. The van der Waals surface area contributed by atoms with Gasteiger partial charge >= 0.3 is 0 Å². The summed E-state index contributed by atoms with van der Waals surface area (Å²) in [6, 6.07) is 20.9. The highest BCUT2D eigenvalue weighted by Crippen LogP contribution is 2.40. The van der Waals surface area contributed by atoms with Crippen molar-refractivity contribution in [3.05, 3.63) is 106 Å². The van der Waals surface area contributed by atoms with Crippen LogP contribution in [0.1, 0.15) is 22.7 Å². The van der Waals surface area contributed by atoms with Gasteiger partial charge in [0, 0.05) is 34.2 Å². The van der Waals surface area contributed by atoms with Crippen LogP contribution in [0.3, 0.4) is 0 Å². The first-order valence-corrected chi connectivity index (χ1v) is 11.6. The number of ketones is 1. The number of para-hydroxylation sites is 1. The van der Waals surface area contributed by atoms with Crippen molar-refractivity contribution >= 4 is 40.0 Å². The minimum absolute atomic E-state index is 0.0569. The van der Waals surface area contributed by atoms with E-state index in [4.69, 9.17) is 16.3 Å². The molecule has 0 aliphatic carbocycles. The molecule has 6 nitrogen and oxygen atoms in total. The van der Waals surface area contributed by atoms with Gasteiger partial charge in [0.15, 0.2) is 0 Å². The number of aliphatic hydroxyl groups is 1. The van der Waals surface area contributed by atoms with Crippen molar-refractivity contribution < 1.29 is 19.4 Å². The maximum Gasteiger partial charge on any atom is 0.295 e. The van der Waals surface area contributed by atoms with Gasteiger partial charge in [-0.05, 0) is 60.0 Å². The Morgan fingerprint density at radius 3 is 2.46 bits per heavy atom. The zero-order chi connectivity index (χ0) is 24.5. The smallest absolute Gasteiger partial charge is 0.295 e. The molecule has 35 heavy (non-hydrogen) atoms. The van der Waals surface area contributed by atoms with Gasteiger partial charge < -0.3 is 19.7 Å². The van der Waals surface area contributed by atoms with E-state index < -0.39 is 17.7 Å². The molecule has 3 aromatic carbocycles. The first-order chi connectivity index (χ1) is 17.0. The van der Waals surface area contributed by atoms with Crippen LogP contribution < -0.4 is 4.74 Å². The summed E-state index contributed by atoms with van der Waals surface area (Å²) < 4.78 is 5.19. The summed E-state index contributed by atoms with van der Waals surface area (Å²) in [6.45, 7) is 0.305. The van der Waals surface area contributed by atoms with Crippen LogP contribution in [-0.4, -0.2) is 40.3 Å². The summed E-state index contributed by atoms with van der Waals surface area (Å²) in [7, 11) is 1.55. The SMILES string of the molecule is COc1ccc(C(O)=C2C(=O)C(=O)N(CCc3c[nH]c4ccccc34)[C@@H]2c2ccc(Cl)cc2)cc1. The third-order valence-corrected chi connectivity index (χ3v) is 6.64. The Morgan fingerprint density at radius 1 is 1.03 bits per heavy atom. The number of aromatic amines is 1. The van der Waals surface area contributed by atoms with Crippen molar-refractivity contribution in [3.63, 3.8) is 0 Å². The number of fused-ring (bicyclic) bond motifs is 1. The van der Waals surface area contributed by atoms with Crippen LogP contribution in [0.4, 0.5) is 0 Å². The fourth-order valence-electron chi connectivity index (χ4n) is 4.59. The Kier molecular flexibility index (Phi) is 6.05. The molecule has 0 saturated carbocycles. The third-order valence-electron chi connectivity index (χ3n) is 6.39. The van der Waals surface area contributed by atoms with E-state index in [1.54, 1.807) is 55.6 Å². The molecular weight excluding hydrogens is 464 g/mol. The lowest BCUT2D eigenvalue weighted by Gasteiger charge is -2.25. The maximum atomic E-state index is 13.2. The van der Waals surface area contributed by atoms with Gasteiger partial charge in [0.1, 0.15) is 11.5 Å². The molecule has 1 aliphatic rings. The number of aromatic nitrogens is 1.